The van der Waals surface area contributed by atoms with Gasteiger partial charge in [-0.25, -0.2) is 0 Å². The van der Waals surface area contributed by atoms with Gasteiger partial charge in [-0.05, 0) is 11.6 Å². The molecule has 0 amide bonds. The number of anilines is 1. The Morgan fingerprint density at radius 2 is 2.35 bits per heavy atom. The lowest BCUT2D eigenvalue weighted by molar-refractivity contribution is -0.532. The number of nitrogens with zero attached hydrogens (tertiary/aromatic N) is 2. The second-order valence-corrected chi connectivity index (χ2v) is 4.71. The number of benzene rings is 1. The second kappa shape index (κ2) is 3.55. The van der Waals surface area contributed by atoms with Crippen molar-refractivity contribution < 1.29 is 9.61 Å². The third-order valence-corrected chi connectivity index (χ3v) is 3.61. The highest BCUT2D eigenvalue weighted by atomic mass is 16.6. The molecule has 88 valence electrons. The molecule has 0 spiro atoms. The minimum absolute atomic E-state index is 0.178. The van der Waals surface area contributed by atoms with E-state index in [1.807, 2.05) is 0 Å². The Morgan fingerprint density at radius 1 is 1.53 bits per heavy atom. The van der Waals surface area contributed by atoms with E-state index >= 15 is 0 Å². The summed E-state index contributed by atoms with van der Waals surface area (Å²) in [4.78, 5) is 10.4. The molecule has 1 aromatic carbocycles. The minimum Gasteiger partial charge on any atom is -0.258 e. The first-order valence-corrected chi connectivity index (χ1v) is 5.81. The first-order valence-electron chi connectivity index (χ1n) is 5.81. The minimum atomic E-state index is -0.335. The Labute approximate surface area is 98.9 Å². The molecule has 0 radical (unpaired) electrons. The van der Waals surface area contributed by atoms with Crippen LogP contribution in [-0.4, -0.2) is 21.4 Å². The quantitative estimate of drug-likeness (QED) is 0.458. The lowest BCUT2D eigenvalue weighted by Gasteiger charge is -2.20. The number of fused-ring (bicyclic) bond motifs is 2. The monoisotopic (exact) mass is 232 g/mol. The predicted molar refractivity (Wildman–Crippen MR) is 64.4 cm³/mol. The maximum atomic E-state index is 10.7. The van der Waals surface area contributed by atoms with Crippen LogP contribution in [0.2, 0.25) is 0 Å². The highest BCUT2D eigenvalue weighted by Crippen LogP contribution is 2.30. The van der Waals surface area contributed by atoms with E-state index in [-0.39, 0.29) is 10.6 Å². The molecule has 2 heterocycles. The Balaban J connectivity index is 2.01. The summed E-state index contributed by atoms with van der Waals surface area (Å²) >= 11 is 0. The van der Waals surface area contributed by atoms with E-state index in [0.29, 0.717) is 6.04 Å². The van der Waals surface area contributed by atoms with E-state index < -0.39 is 0 Å². The zero-order valence-electron chi connectivity index (χ0n) is 9.64. The summed E-state index contributed by atoms with van der Waals surface area (Å²) in [6.45, 7) is 2.13. The smallest absolute Gasteiger partial charge is 0.258 e. The topological polar surface area (TPSA) is 58.2 Å². The van der Waals surface area contributed by atoms with Crippen molar-refractivity contribution in [3.63, 3.8) is 0 Å². The van der Waals surface area contributed by atoms with Gasteiger partial charge in [0.1, 0.15) is 0 Å². The van der Waals surface area contributed by atoms with E-state index in [2.05, 4.69) is 17.0 Å². The third kappa shape index (κ3) is 1.58. The molecule has 1 atom stereocenters. The van der Waals surface area contributed by atoms with Gasteiger partial charge in [0.15, 0.2) is 11.8 Å². The van der Waals surface area contributed by atoms with Crippen LogP contribution in [0, 0.1) is 10.1 Å². The molecule has 2 aliphatic rings. The number of nitro groups is 1. The molecule has 0 aromatic heterocycles. The van der Waals surface area contributed by atoms with Gasteiger partial charge in [-0.3, -0.25) is 10.1 Å². The maximum Gasteiger partial charge on any atom is 0.269 e. The lowest BCUT2D eigenvalue weighted by atomic mass is 10.00. The average molecular weight is 232 g/mol. The van der Waals surface area contributed by atoms with Crippen LogP contribution in [0.1, 0.15) is 25.3 Å². The van der Waals surface area contributed by atoms with E-state index in [1.165, 1.54) is 5.71 Å². The van der Waals surface area contributed by atoms with Crippen molar-refractivity contribution in [3.8, 4) is 0 Å². The zero-order chi connectivity index (χ0) is 12.0. The number of nitro benzene ring substituents is 1. The predicted octanol–water partition coefficient (Wildman–Crippen LogP) is 2.11. The van der Waals surface area contributed by atoms with E-state index in [1.54, 1.807) is 18.2 Å². The van der Waals surface area contributed by atoms with Gasteiger partial charge in [0.2, 0.25) is 0 Å². The molecule has 0 bridgehead atoms. The molecule has 2 aliphatic heterocycles. The number of hydrogen-bond donors (Lipinski definition) is 1. The molecule has 5 nitrogen and oxygen atoms in total. The Morgan fingerprint density at radius 3 is 3.12 bits per heavy atom. The Bertz CT molecular complexity index is 537. The van der Waals surface area contributed by atoms with Crippen LogP contribution in [0.25, 0.3) is 0 Å². The van der Waals surface area contributed by atoms with E-state index in [0.717, 1.165) is 30.5 Å². The summed E-state index contributed by atoms with van der Waals surface area (Å²) in [5.74, 6) is 0. The van der Waals surface area contributed by atoms with Crippen molar-refractivity contribution in [2.45, 2.75) is 32.2 Å². The molecule has 0 saturated carbocycles. The number of hydrazine groups is 1. The molecule has 0 aliphatic carbocycles. The van der Waals surface area contributed by atoms with Gasteiger partial charge in [-0.15, -0.1) is 4.68 Å². The van der Waals surface area contributed by atoms with Crippen LogP contribution in [0.5, 0.6) is 0 Å². The summed E-state index contributed by atoms with van der Waals surface area (Å²) in [6.07, 6.45) is 3.12. The van der Waals surface area contributed by atoms with E-state index in [9.17, 15) is 10.1 Å². The summed E-state index contributed by atoms with van der Waals surface area (Å²) in [5.41, 5.74) is 6.92. The molecule has 0 saturated heterocycles. The fourth-order valence-corrected chi connectivity index (χ4v) is 2.67. The summed E-state index contributed by atoms with van der Waals surface area (Å²) in [7, 11) is 0. The summed E-state index contributed by atoms with van der Waals surface area (Å²) in [5, 5.41) is 10.7. The van der Waals surface area contributed by atoms with Gasteiger partial charge in [0.05, 0.1) is 10.6 Å². The van der Waals surface area contributed by atoms with E-state index in [4.69, 9.17) is 0 Å². The van der Waals surface area contributed by atoms with Crippen molar-refractivity contribution in [2.24, 2.45) is 0 Å². The number of hydrazone groups is 1. The van der Waals surface area contributed by atoms with Gasteiger partial charge >= 0.3 is 0 Å². The number of hydrogen-bond acceptors (Lipinski definition) is 3. The second-order valence-electron chi connectivity index (χ2n) is 4.71. The Hall–Kier alpha value is -1.91. The molecule has 1 aromatic rings. The van der Waals surface area contributed by atoms with Gasteiger partial charge in [0.25, 0.3) is 5.69 Å². The number of rotatable bonds is 1. The molecule has 5 heteroatoms. The van der Waals surface area contributed by atoms with Crippen LogP contribution < -0.4 is 5.43 Å². The molecule has 0 fully saturated rings. The van der Waals surface area contributed by atoms with Crippen molar-refractivity contribution in [1.82, 2.24) is 0 Å². The number of nitrogens with one attached hydrogen (secondary N) is 1. The SMILES string of the molecule is CC1=[N+]2Nc3ccc([N+](=O)[O-])cc3CC2CC1. The lowest BCUT2D eigenvalue weighted by Crippen LogP contribution is -2.35. The van der Waals surface area contributed by atoms with Gasteiger partial charge in [-0.1, -0.05) is 0 Å². The first kappa shape index (κ1) is 10.3. The van der Waals surface area contributed by atoms with Crippen LogP contribution in [0.3, 0.4) is 0 Å². The largest absolute Gasteiger partial charge is 0.269 e. The highest BCUT2D eigenvalue weighted by Gasteiger charge is 2.36. The maximum absolute atomic E-state index is 10.7. The Kier molecular flexibility index (Phi) is 2.14. The highest BCUT2D eigenvalue weighted by molar-refractivity contribution is 5.79. The molecule has 1 N–H and O–H groups in total. The van der Waals surface area contributed by atoms with Crippen molar-refractivity contribution >= 4 is 17.1 Å². The normalized spacial score (nSPS) is 21.8. The summed E-state index contributed by atoms with van der Waals surface area (Å²) in [6, 6.07) is 5.49. The van der Waals surface area contributed by atoms with Crippen LogP contribution in [-0.2, 0) is 6.42 Å². The van der Waals surface area contributed by atoms with Crippen molar-refractivity contribution in [2.75, 3.05) is 5.43 Å². The third-order valence-electron chi connectivity index (χ3n) is 3.61. The molecule has 3 rings (SSSR count). The zero-order valence-corrected chi connectivity index (χ0v) is 9.64. The fourth-order valence-electron chi connectivity index (χ4n) is 2.67. The van der Waals surface area contributed by atoms with Crippen molar-refractivity contribution in [3.05, 3.63) is 33.9 Å². The van der Waals surface area contributed by atoms with Crippen LogP contribution in [0.4, 0.5) is 11.4 Å². The fraction of sp³-hybridized carbons (Fsp3) is 0.417. The molecular weight excluding hydrogens is 218 g/mol. The summed E-state index contributed by atoms with van der Waals surface area (Å²) < 4.78 is 2.20. The van der Waals surface area contributed by atoms with Crippen molar-refractivity contribution in [1.29, 1.82) is 0 Å². The molecule has 17 heavy (non-hydrogen) atoms. The first-order chi connectivity index (χ1) is 8.15. The van der Waals surface area contributed by atoms with Crippen LogP contribution >= 0.6 is 0 Å². The van der Waals surface area contributed by atoms with Gasteiger partial charge in [0, 0.05) is 38.3 Å². The van der Waals surface area contributed by atoms with Gasteiger partial charge in [-0.2, -0.15) is 5.43 Å². The molecular formula is C12H14N3O2+. The average Bonchev–Trinajstić information content (AvgIpc) is 2.67. The standard InChI is InChI=1S/C12H14N3O2/c1-8-2-3-10-6-9-7-11(15(16)17)4-5-12(9)13-14(8)10/h4-5,7,10,13H,2-3,6H2,1H3/q+1. The molecule has 1 unspecified atom stereocenters. The van der Waals surface area contributed by atoms with Crippen LogP contribution in [0.15, 0.2) is 18.2 Å². The van der Waals surface area contributed by atoms with Gasteiger partial charge < -0.3 is 0 Å². The number of non-ortho nitro benzene ring substituents is 1.